The molecule has 4 aromatic rings. The van der Waals surface area contributed by atoms with E-state index in [4.69, 9.17) is 26.7 Å². The van der Waals surface area contributed by atoms with Crippen LogP contribution in [0.25, 0.3) is 5.78 Å². The molecular formula is C23H22ClN5. The van der Waals surface area contributed by atoms with Gasteiger partial charge in [-0.3, -0.25) is 0 Å². The Hall–Kier alpha value is -2.92. The summed E-state index contributed by atoms with van der Waals surface area (Å²) in [5.41, 5.74) is 4.78. The van der Waals surface area contributed by atoms with E-state index in [0.29, 0.717) is 12.2 Å². The molecule has 2 aromatic carbocycles. The number of benzene rings is 2. The molecule has 0 saturated carbocycles. The molecule has 0 fully saturated rings. The zero-order valence-corrected chi connectivity index (χ0v) is 17.0. The van der Waals surface area contributed by atoms with Gasteiger partial charge in [0.1, 0.15) is 5.82 Å². The summed E-state index contributed by atoms with van der Waals surface area (Å²) in [6.45, 7) is 2.18. The van der Waals surface area contributed by atoms with Crippen molar-refractivity contribution < 1.29 is 0 Å². The number of aromatic nitrogens is 4. The number of hydrogen-bond donors (Lipinski definition) is 1. The third-order valence-electron chi connectivity index (χ3n) is 5.48. The standard InChI is InChI=1S/C23H22ClN5/c1-15(17-6-3-2-4-7-17)25-22-19-8-5-9-20(19)26-23-27-21(28-29(22)23)14-16-10-12-18(24)13-11-16/h2-4,6-7,10-13,15,25H,5,8-9,14H2,1H3/t15-/m0/s1. The Labute approximate surface area is 174 Å². The molecule has 0 amide bonds. The first-order chi connectivity index (χ1) is 14.2. The molecule has 0 radical (unpaired) electrons. The fraction of sp³-hybridized carbons (Fsp3) is 0.261. The number of hydrogen-bond acceptors (Lipinski definition) is 4. The summed E-state index contributed by atoms with van der Waals surface area (Å²) in [6, 6.07) is 18.4. The van der Waals surface area contributed by atoms with Gasteiger partial charge in [0.05, 0.1) is 5.69 Å². The van der Waals surface area contributed by atoms with E-state index in [1.54, 1.807) is 0 Å². The molecule has 2 heterocycles. The van der Waals surface area contributed by atoms with Crippen molar-refractivity contribution in [1.29, 1.82) is 0 Å². The van der Waals surface area contributed by atoms with Gasteiger partial charge in [-0.15, -0.1) is 5.10 Å². The number of fused-ring (bicyclic) bond motifs is 2. The largest absolute Gasteiger partial charge is 0.363 e. The maximum Gasteiger partial charge on any atom is 0.254 e. The zero-order valence-electron chi connectivity index (χ0n) is 16.3. The van der Waals surface area contributed by atoms with Crippen LogP contribution in [0.4, 0.5) is 5.82 Å². The number of anilines is 1. The molecule has 1 aliphatic rings. The van der Waals surface area contributed by atoms with Crippen molar-refractivity contribution in [3.05, 3.63) is 87.8 Å². The lowest BCUT2D eigenvalue weighted by Gasteiger charge is -2.18. The van der Waals surface area contributed by atoms with Gasteiger partial charge in [0.2, 0.25) is 0 Å². The summed E-state index contributed by atoms with van der Waals surface area (Å²) in [5, 5.41) is 9.22. The van der Waals surface area contributed by atoms with Gasteiger partial charge >= 0.3 is 0 Å². The minimum absolute atomic E-state index is 0.162. The fourth-order valence-corrected chi connectivity index (χ4v) is 4.09. The normalized spacial score (nSPS) is 14.1. The van der Waals surface area contributed by atoms with Crippen molar-refractivity contribution in [2.24, 2.45) is 0 Å². The topological polar surface area (TPSA) is 55.1 Å². The number of rotatable bonds is 5. The van der Waals surface area contributed by atoms with Gasteiger partial charge in [0.25, 0.3) is 5.78 Å². The van der Waals surface area contributed by atoms with Gasteiger partial charge in [0.15, 0.2) is 5.82 Å². The van der Waals surface area contributed by atoms with Gasteiger partial charge in [-0.2, -0.15) is 9.50 Å². The Morgan fingerprint density at radius 3 is 2.62 bits per heavy atom. The third-order valence-corrected chi connectivity index (χ3v) is 5.74. The number of nitrogens with one attached hydrogen (secondary N) is 1. The van der Waals surface area contributed by atoms with Gasteiger partial charge < -0.3 is 5.32 Å². The summed E-state index contributed by atoms with van der Waals surface area (Å²) in [6.07, 6.45) is 3.80. The van der Waals surface area contributed by atoms with Crippen LogP contribution in [0.2, 0.25) is 5.02 Å². The SMILES string of the molecule is C[C@H](Nc1c2c(nc3nc(Cc4ccc(Cl)cc4)nn13)CCC2)c1ccccc1. The highest BCUT2D eigenvalue weighted by molar-refractivity contribution is 6.30. The smallest absolute Gasteiger partial charge is 0.254 e. The molecule has 29 heavy (non-hydrogen) atoms. The van der Waals surface area contributed by atoms with Crippen LogP contribution in [0.15, 0.2) is 54.6 Å². The maximum atomic E-state index is 6.00. The summed E-state index contributed by atoms with van der Waals surface area (Å²) in [4.78, 5) is 9.52. The van der Waals surface area contributed by atoms with Crippen molar-refractivity contribution in [2.75, 3.05) is 5.32 Å². The highest BCUT2D eigenvalue weighted by Crippen LogP contribution is 2.30. The molecule has 0 spiro atoms. The van der Waals surface area contributed by atoms with Crippen LogP contribution in [-0.2, 0) is 19.3 Å². The van der Waals surface area contributed by atoms with Crippen molar-refractivity contribution in [3.63, 3.8) is 0 Å². The van der Waals surface area contributed by atoms with Crippen LogP contribution in [-0.4, -0.2) is 19.6 Å². The van der Waals surface area contributed by atoms with E-state index < -0.39 is 0 Å². The first kappa shape index (κ1) is 18.1. The Kier molecular flexibility index (Phi) is 4.68. The lowest BCUT2D eigenvalue weighted by molar-refractivity contribution is 0.820. The second kappa shape index (κ2) is 7.48. The van der Waals surface area contributed by atoms with E-state index in [2.05, 4.69) is 36.5 Å². The van der Waals surface area contributed by atoms with Gasteiger partial charge in [0, 0.05) is 23.0 Å². The van der Waals surface area contributed by atoms with E-state index >= 15 is 0 Å². The first-order valence-electron chi connectivity index (χ1n) is 10.0. The molecule has 1 atom stereocenters. The van der Waals surface area contributed by atoms with Crippen LogP contribution in [0, 0.1) is 0 Å². The fourth-order valence-electron chi connectivity index (χ4n) is 3.96. The predicted molar refractivity (Wildman–Crippen MR) is 116 cm³/mol. The minimum atomic E-state index is 0.162. The molecule has 146 valence electrons. The van der Waals surface area contributed by atoms with Crippen molar-refractivity contribution in [3.8, 4) is 0 Å². The second-order valence-corrected chi connectivity index (χ2v) is 8.00. The van der Waals surface area contributed by atoms with Gasteiger partial charge in [-0.05, 0) is 49.4 Å². The van der Waals surface area contributed by atoms with E-state index in [-0.39, 0.29) is 6.04 Å². The molecule has 6 heteroatoms. The van der Waals surface area contributed by atoms with E-state index in [9.17, 15) is 0 Å². The van der Waals surface area contributed by atoms with Crippen molar-refractivity contribution >= 4 is 23.2 Å². The van der Waals surface area contributed by atoms with E-state index in [1.807, 2.05) is 34.8 Å². The van der Waals surface area contributed by atoms with Crippen LogP contribution in [0.3, 0.4) is 0 Å². The highest BCUT2D eigenvalue weighted by Gasteiger charge is 2.23. The monoisotopic (exact) mass is 403 g/mol. The predicted octanol–water partition coefficient (Wildman–Crippen LogP) is 5.03. The molecule has 2 aromatic heterocycles. The first-order valence-corrected chi connectivity index (χ1v) is 10.4. The van der Waals surface area contributed by atoms with Crippen LogP contribution < -0.4 is 5.32 Å². The van der Waals surface area contributed by atoms with E-state index in [0.717, 1.165) is 47.2 Å². The maximum absolute atomic E-state index is 6.00. The highest BCUT2D eigenvalue weighted by atomic mass is 35.5. The molecule has 0 aliphatic heterocycles. The number of nitrogens with zero attached hydrogens (tertiary/aromatic N) is 4. The summed E-state index contributed by atoms with van der Waals surface area (Å²) >= 11 is 6.00. The molecule has 0 unspecified atom stereocenters. The number of aryl methyl sites for hydroxylation is 1. The van der Waals surface area contributed by atoms with Crippen LogP contribution in [0.5, 0.6) is 0 Å². The Balaban J connectivity index is 1.53. The minimum Gasteiger partial charge on any atom is -0.363 e. The average Bonchev–Trinajstić information content (AvgIpc) is 3.36. The Bertz CT molecular complexity index is 1150. The molecule has 1 aliphatic carbocycles. The zero-order chi connectivity index (χ0) is 19.8. The molecular weight excluding hydrogens is 382 g/mol. The number of halogens is 1. The summed E-state index contributed by atoms with van der Waals surface area (Å²) < 4.78 is 1.88. The molecule has 0 saturated heterocycles. The van der Waals surface area contributed by atoms with E-state index in [1.165, 1.54) is 11.1 Å². The molecule has 5 rings (SSSR count). The average molecular weight is 404 g/mol. The third kappa shape index (κ3) is 3.58. The Morgan fingerprint density at radius 1 is 1.03 bits per heavy atom. The van der Waals surface area contributed by atoms with Gasteiger partial charge in [-0.1, -0.05) is 54.1 Å². The van der Waals surface area contributed by atoms with Crippen molar-refractivity contribution in [2.45, 2.75) is 38.6 Å². The van der Waals surface area contributed by atoms with Crippen molar-refractivity contribution in [1.82, 2.24) is 19.6 Å². The molecule has 0 bridgehead atoms. The van der Waals surface area contributed by atoms with Gasteiger partial charge in [-0.25, -0.2) is 4.98 Å². The molecule has 1 N–H and O–H groups in total. The van der Waals surface area contributed by atoms with Crippen LogP contribution >= 0.6 is 11.6 Å². The Morgan fingerprint density at radius 2 is 1.83 bits per heavy atom. The second-order valence-electron chi connectivity index (χ2n) is 7.56. The lowest BCUT2D eigenvalue weighted by atomic mass is 10.1. The quantitative estimate of drug-likeness (QED) is 0.507. The summed E-state index contributed by atoms with van der Waals surface area (Å²) in [5.74, 6) is 2.45. The summed E-state index contributed by atoms with van der Waals surface area (Å²) in [7, 11) is 0. The van der Waals surface area contributed by atoms with Crippen LogP contribution in [0.1, 0.15) is 47.6 Å². The molecule has 5 nitrogen and oxygen atoms in total. The lowest BCUT2D eigenvalue weighted by Crippen LogP contribution is -2.14.